The number of carbonyl (C=O) groups is 2. The molecule has 0 amide bonds. The number of hydrogen-bond donors (Lipinski definition) is 8. The first-order chi connectivity index (χ1) is 19.4. The van der Waals surface area contributed by atoms with Crippen molar-refractivity contribution in [3.63, 3.8) is 0 Å². The maximum Gasteiger partial charge on any atom is 0.469 e. The molecule has 18 nitrogen and oxygen atoms in total. The van der Waals surface area contributed by atoms with Crippen molar-refractivity contribution in [3.05, 3.63) is 46.0 Å². The van der Waals surface area contributed by atoms with E-state index in [-0.39, 0.29) is 177 Å². The first-order valence-corrected chi connectivity index (χ1v) is 15.0. The van der Waals surface area contributed by atoms with Gasteiger partial charge in [-0.2, -0.15) is 0 Å². The van der Waals surface area contributed by atoms with Crippen LogP contribution in [0.4, 0.5) is 0 Å². The van der Waals surface area contributed by atoms with Crippen LogP contribution in [0.3, 0.4) is 0 Å². The molecule has 0 spiro atoms. The van der Waals surface area contributed by atoms with Gasteiger partial charge < -0.3 is 40.0 Å². The zero-order valence-corrected chi connectivity index (χ0v) is 34.9. The summed E-state index contributed by atoms with van der Waals surface area (Å²) >= 11 is 0. The van der Waals surface area contributed by atoms with E-state index in [2.05, 4.69) is 19.0 Å². The molecular formula is C22H32MnN4Na3O14P2. The molecule has 0 aliphatic carbocycles. The van der Waals surface area contributed by atoms with E-state index in [1.54, 1.807) is 0 Å². The Morgan fingerprint density at radius 2 is 1.02 bits per heavy atom. The van der Waals surface area contributed by atoms with Gasteiger partial charge in [0.25, 0.3) is 0 Å². The minimum atomic E-state index is -4.89. The van der Waals surface area contributed by atoms with Crippen LogP contribution in [0.25, 0.3) is 0 Å². The smallest absolute Gasteiger partial charge is 0.469 e. The van der Waals surface area contributed by atoms with Gasteiger partial charge in [0.05, 0.1) is 37.7 Å². The maximum atomic E-state index is 11.6. The van der Waals surface area contributed by atoms with Crippen molar-refractivity contribution in [2.45, 2.75) is 40.2 Å². The Morgan fingerprint density at radius 1 is 0.717 bits per heavy atom. The fourth-order valence-electron chi connectivity index (χ4n) is 3.82. The Hall–Kier alpha value is 0.499. The summed E-state index contributed by atoms with van der Waals surface area (Å²) in [6, 6.07) is 0. The molecule has 0 bridgehead atoms. The number of hydrogen-bond acceptors (Lipinski definition) is 12. The maximum absolute atomic E-state index is 11.6. The van der Waals surface area contributed by atoms with E-state index in [1.807, 2.05) is 0 Å². The number of phosphoric acid groups is 2. The molecule has 24 heteroatoms. The summed E-state index contributed by atoms with van der Waals surface area (Å²) in [7, 11) is -9.78. The Bertz CT molecular complexity index is 1300. The molecule has 0 saturated carbocycles. The van der Waals surface area contributed by atoms with Crippen molar-refractivity contribution in [3.8, 4) is 11.5 Å². The summed E-state index contributed by atoms with van der Waals surface area (Å²) in [4.78, 5) is 70.0. The third-order valence-electron chi connectivity index (χ3n) is 5.85. The molecule has 4 radical (unpaired) electrons. The van der Waals surface area contributed by atoms with E-state index in [9.17, 15) is 39.1 Å². The molecular weight excluding hydrogens is 730 g/mol. The minimum Gasteiger partial charge on any atom is -0.506 e. The zero-order valence-electron chi connectivity index (χ0n) is 25.9. The van der Waals surface area contributed by atoms with Gasteiger partial charge in [-0.25, -0.2) is 9.13 Å². The number of aromatic nitrogens is 2. The normalized spacial score (nSPS) is 11.2. The number of aliphatic carboxylic acids is 2. The van der Waals surface area contributed by atoms with Crippen LogP contribution < -0.4 is 0 Å². The predicted octanol–water partition coefficient (Wildman–Crippen LogP) is -0.948. The summed E-state index contributed by atoms with van der Waals surface area (Å²) in [5.74, 6) is -3.24. The van der Waals surface area contributed by atoms with Crippen LogP contribution in [-0.2, 0) is 71.1 Å². The molecule has 2 heterocycles. The third-order valence-corrected chi connectivity index (χ3v) is 6.78. The molecule has 8 N–H and O–H groups in total. The van der Waals surface area contributed by atoms with Crippen molar-refractivity contribution in [2.75, 3.05) is 26.2 Å². The van der Waals surface area contributed by atoms with Crippen LogP contribution in [0.1, 0.15) is 33.6 Å². The number of nitrogens with zero attached hydrogens (tertiary/aromatic N) is 4. The van der Waals surface area contributed by atoms with Crippen LogP contribution in [0, 0.1) is 13.8 Å². The number of phosphoric ester groups is 2. The van der Waals surface area contributed by atoms with Crippen LogP contribution in [0.5, 0.6) is 11.5 Å². The van der Waals surface area contributed by atoms with Gasteiger partial charge in [-0.3, -0.25) is 38.4 Å². The van der Waals surface area contributed by atoms with Crippen molar-refractivity contribution in [2.24, 2.45) is 0 Å². The van der Waals surface area contributed by atoms with E-state index in [1.165, 1.54) is 36.0 Å². The summed E-state index contributed by atoms with van der Waals surface area (Å²) in [6.45, 7) is -0.287. The van der Waals surface area contributed by atoms with E-state index in [4.69, 9.17) is 19.6 Å². The van der Waals surface area contributed by atoms with Gasteiger partial charge in [-0.1, -0.05) is 0 Å². The second-order valence-electron chi connectivity index (χ2n) is 9.13. The number of carboxylic acid groups (broad SMARTS) is 2. The Labute approximate surface area is 341 Å². The first kappa shape index (κ1) is 50.9. The van der Waals surface area contributed by atoms with Crippen molar-refractivity contribution in [1.82, 2.24) is 19.8 Å². The van der Waals surface area contributed by atoms with Gasteiger partial charge in [0.2, 0.25) is 0 Å². The minimum absolute atomic E-state index is 0. The van der Waals surface area contributed by atoms with E-state index < -0.39 is 53.9 Å². The molecule has 0 aliphatic rings. The van der Waals surface area contributed by atoms with Crippen molar-refractivity contribution >= 4 is 116 Å². The molecule has 0 fully saturated rings. The SMILES string of the molecule is Cc1ncc(COP(=O)(O)O)c(CN(CCN(CC(=O)O)Cc2c(COP(=O)(O)O)cnc(C)c2O)CC(=O)O)c1O.[Mn].[Na].[Na].[Na]. The van der Waals surface area contributed by atoms with Gasteiger partial charge in [0, 0.05) is 167 Å². The van der Waals surface area contributed by atoms with Gasteiger partial charge >= 0.3 is 27.6 Å². The Balaban J connectivity index is -0.00000462. The predicted molar refractivity (Wildman–Crippen MR) is 158 cm³/mol. The number of rotatable bonds is 17. The standard InChI is InChI=1S/C22H32N4O14P2.Mn.3Na/c1-13-21(31)17(15(5-23-13)11-39-41(33,34)35)7-25(9-19(27)28)3-4-26(10-20(29)30)8-18-16(12-40-42(36,37)38)6-24-14(2)22(18)32;;;;/h5-6,31-32H,3-4,7-12H2,1-2H3,(H,27,28)(H,29,30)(H2,33,34,35)(H2,36,37,38);;;;. The second kappa shape index (κ2) is 23.1. The van der Waals surface area contributed by atoms with Crippen molar-refractivity contribution in [1.29, 1.82) is 0 Å². The summed E-state index contributed by atoms with van der Waals surface area (Å²) in [6.07, 6.45) is 2.43. The Morgan fingerprint density at radius 3 is 1.28 bits per heavy atom. The Kier molecular flexibility index (Phi) is 25.5. The average molecular weight is 762 g/mol. The molecule has 0 saturated heterocycles. The fourth-order valence-corrected chi connectivity index (χ4v) is 4.43. The summed E-state index contributed by atoms with van der Waals surface area (Å²) in [5, 5.41) is 40.1. The molecule has 2 aromatic heterocycles. The zero-order chi connectivity index (χ0) is 31.8. The molecule has 0 aromatic carbocycles. The van der Waals surface area contributed by atoms with Crippen LogP contribution in [-0.4, -0.2) is 187 Å². The second-order valence-corrected chi connectivity index (χ2v) is 11.6. The third kappa shape index (κ3) is 18.5. The molecule has 2 rings (SSSR count). The molecule has 2 aromatic rings. The van der Waals surface area contributed by atoms with Crippen LogP contribution in [0.15, 0.2) is 12.4 Å². The van der Waals surface area contributed by atoms with Gasteiger partial charge in [0.1, 0.15) is 11.5 Å². The van der Waals surface area contributed by atoms with E-state index in [0.29, 0.717) is 0 Å². The molecule has 46 heavy (non-hydrogen) atoms. The summed E-state index contributed by atoms with van der Waals surface area (Å²) < 4.78 is 31.4. The van der Waals surface area contributed by atoms with Crippen molar-refractivity contribution < 1.29 is 84.8 Å². The fraction of sp³-hybridized carbons (Fsp3) is 0.455. The molecule has 0 unspecified atom stereocenters. The largest absolute Gasteiger partial charge is 0.506 e. The molecule has 0 atom stereocenters. The molecule has 244 valence electrons. The number of aryl methyl sites for hydroxylation is 2. The van der Waals surface area contributed by atoms with Gasteiger partial charge in [-0.15, -0.1) is 0 Å². The molecule has 0 aliphatic heterocycles. The number of pyridine rings is 2. The summed E-state index contributed by atoms with van der Waals surface area (Å²) in [5.41, 5.74) is 0.627. The van der Waals surface area contributed by atoms with Gasteiger partial charge in [-0.05, 0) is 13.8 Å². The quantitative estimate of drug-likeness (QED) is 0.0712. The van der Waals surface area contributed by atoms with Gasteiger partial charge in [0.15, 0.2) is 0 Å². The first-order valence-electron chi connectivity index (χ1n) is 12.0. The number of aromatic hydroxyl groups is 2. The van der Waals surface area contributed by atoms with Crippen LogP contribution >= 0.6 is 15.6 Å². The van der Waals surface area contributed by atoms with E-state index in [0.717, 1.165) is 0 Å². The monoisotopic (exact) mass is 762 g/mol. The van der Waals surface area contributed by atoms with Crippen LogP contribution in [0.2, 0.25) is 0 Å². The van der Waals surface area contributed by atoms with E-state index >= 15 is 0 Å². The topological polar surface area (TPSA) is 281 Å². The number of carboxylic acids is 2. The average Bonchev–Trinajstić information content (AvgIpc) is 2.85.